The number of nitrogens with zero attached hydrogens (tertiary/aromatic N) is 1. The second kappa shape index (κ2) is 6.44. The van der Waals surface area contributed by atoms with E-state index in [4.69, 9.17) is 9.84 Å². The number of hydrogen-bond acceptors (Lipinski definition) is 5. The third kappa shape index (κ3) is 4.07. The molecular weight excluding hydrogens is 254 g/mol. The molecule has 0 aliphatic carbocycles. The van der Waals surface area contributed by atoms with Gasteiger partial charge >= 0.3 is 5.97 Å². The van der Waals surface area contributed by atoms with Crippen molar-refractivity contribution in [1.29, 1.82) is 0 Å². The van der Waals surface area contributed by atoms with E-state index in [1.54, 1.807) is 0 Å². The van der Waals surface area contributed by atoms with E-state index in [1.165, 1.54) is 6.07 Å². The molecule has 7 nitrogen and oxygen atoms in total. The highest BCUT2D eigenvalue weighted by molar-refractivity contribution is 5.85. The molecule has 1 N–H and O–H groups in total. The lowest BCUT2D eigenvalue weighted by Crippen LogP contribution is -2.09. The van der Waals surface area contributed by atoms with Gasteiger partial charge in [-0.25, -0.2) is 4.79 Å². The first-order chi connectivity index (χ1) is 7.54. The molecule has 0 amide bonds. The Morgan fingerprint density at radius 3 is 2.65 bits per heavy atom. The zero-order valence-corrected chi connectivity index (χ0v) is 9.18. The molecule has 0 radical (unpaired) electrons. The van der Waals surface area contributed by atoms with Crippen molar-refractivity contribution in [2.24, 2.45) is 0 Å². The monoisotopic (exact) mass is 261 g/mol. The molecule has 8 heteroatoms. The summed E-state index contributed by atoms with van der Waals surface area (Å²) >= 11 is 0. The number of hydrogen-bond donors (Lipinski definition) is 1. The molecular formula is C9H8ClNO6. The summed E-state index contributed by atoms with van der Waals surface area (Å²) in [5.41, 5.74) is -0.509. The number of carboxylic acid groups (broad SMARTS) is 1. The molecule has 0 atom stereocenters. The topological polar surface area (TPSA) is 107 Å². The third-order valence-corrected chi connectivity index (χ3v) is 1.68. The average Bonchev–Trinajstić information content (AvgIpc) is 2.25. The quantitative estimate of drug-likeness (QED) is 0.486. The molecule has 0 saturated carbocycles. The van der Waals surface area contributed by atoms with Crippen molar-refractivity contribution in [2.75, 3.05) is 6.61 Å². The smallest absolute Gasteiger partial charge is 0.341 e. The summed E-state index contributed by atoms with van der Waals surface area (Å²) in [4.78, 5) is 30.5. The summed E-state index contributed by atoms with van der Waals surface area (Å²) in [7, 11) is 0. The first-order valence-electron chi connectivity index (χ1n) is 4.13. The number of carbonyl (C=O) groups is 2. The van der Waals surface area contributed by atoms with Gasteiger partial charge in [-0.3, -0.25) is 14.9 Å². The summed E-state index contributed by atoms with van der Waals surface area (Å²) in [6.07, 6.45) is 0.311. The standard InChI is InChI=1S/C9H7NO6.ClH/c11-4-6-3-7(16-5-9(12)13)1-2-8(6)10(14)15;/h1-4H,5H2,(H,12,13);1H. The van der Waals surface area contributed by atoms with Crippen molar-refractivity contribution in [2.45, 2.75) is 0 Å². The van der Waals surface area contributed by atoms with Crippen LogP contribution in [0.3, 0.4) is 0 Å². The lowest BCUT2D eigenvalue weighted by molar-refractivity contribution is -0.385. The van der Waals surface area contributed by atoms with Gasteiger partial charge in [0.25, 0.3) is 5.69 Å². The number of aldehydes is 1. The second-order valence-corrected chi connectivity index (χ2v) is 2.78. The number of carboxylic acids is 1. The van der Waals surface area contributed by atoms with Crippen LogP contribution in [0.2, 0.25) is 0 Å². The molecule has 1 aromatic rings. The number of halogens is 1. The third-order valence-electron chi connectivity index (χ3n) is 1.68. The highest BCUT2D eigenvalue weighted by atomic mass is 35.5. The minimum atomic E-state index is -1.17. The van der Waals surface area contributed by atoms with Crippen molar-refractivity contribution >= 4 is 30.3 Å². The van der Waals surface area contributed by atoms with Gasteiger partial charge in [0, 0.05) is 6.07 Å². The molecule has 0 aliphatic heterocycles. The van der Waals surface area contributed by atoms with E-state index in [9.17, 15) is 19.7 Å². The molecule has 0 spiro atoms. The van der Waals surface area contributed by atoms with E-state index in [1.807, 2.05) is 0 Å². The zero-order chi connectivity index (χ0) is 12.1. The van der Waals surface area contributed by atoms with Gasteiger partial charge in [-0.2, -0.15) is 0 Å². The van der Waals surface area contributed by atoms with Gasteiger partial charge in [-0.15, -0.1) is 12.4 Å². The maximum absolute atomic E-state index is 10.5. The number of ether oxygens (including phenoxy) is 1. The lowest BCUT2D eigenvalue weighted by Gasteiger charge is -2.03. The Hall–Kier alpha value is -2.15. The van der Waals surface area contributed by atoms with Crippen LogP contribution in [0.15, 0.2) is 18.2 Å². The van der Waals surface area contributed by atoms with Crippen LogP contribution in [-0.2, 0) is 4.79 Å². The molecule has 0 aliphatic rings. The first-order valence-corrected chi connectivity index (χ1v) is 4.13. The van der Waals surface area contributed by atoms with Gasteiger partial charge in [-0.05, 0) is 12.1 Å². The Morgan fingerprint density at radius 1 is 1.53 bits per heavy atom. The number of aliphatic carboxylic acids is 1. The molecule has 0 unspecified atom stereocenters. The Labute approximate surface area is 102 Å². The van der Waals surface area contributed by atoms with Gasteiger partial charge < -0.3 is 9.84 Å². The van der Waals surface area contributed by atoms with Crippen LogP contribution < -0.4 is 4.74 Å². The molecule has 17 heavy (non-hydrogen) atoms. The van der Waals surface area contributed by atoms with Gasteiger partial charge in [-0.1, -0.05) is 0 Å². The van der Waals surface area contributed by atoms with Crippen LogP contribution in [0.25, 0.3) is 0 Å². The molecule has 0 heterocycles. The van der Waals surface area contributed by atoms with Crippen molar-refractivity contribution in [3.05, 3.63) is 33.9 Å². The Kier molecular flexibility index (Phi) is 5.62. The summed E-state index contributed by atoms with van der Waals surface area (Å²) in [6, 6.07) is 3.43. The van der Waals surface area contributed by atoms with E-state index in [0.29, 0.717) is 6.29 Å². The van der Waals surface area contributed by atoms with Crippen LogP contribution in [0.5, 0.6) is 5.75 Å². The number of nitro benzene ring substituents is 1. The predicted molar refractivity (Wildman–Crippen MR) is 58.9 cm³/mol. The number of rotatable bonds is 5. The fourth-order valence-electron chi connectivity index (χ4n) is 1.03. The van der Waals surface area contributed by atoms with Crippen molar-refractivity contribution in [3.63, 3.8) is 0 Å². The highest BCUT2D eigenvalue weighted by Gasteiger charge is 2.14. The fourth-order valence-corrected chi connectivity index (χ4v) is 1.03. The largest absolute Gasteiger partial charge is 0.482 e. The van der Waals surface area contributed by atoms with Crippen LogP contribution in [0.4, 0.5) is 5.69 Å². The average molecular weight is 262 g/mol. The zero-order valence-electron chi connectivity index (χ0n) is 8.36. The first kappa shape index (κ1) is 14.8. The van der Waals surface area contributed by atoms with Crippen molar-refractivity contribution in [3.8, 4) is 5.75 Å². The SMILES string of the molecule is Cl.O=Cc1cc(OCC(=O)O)ccc1[N+](=O)[O-]. The molecule has 1 rings (SSSR count). The van der Waals surface area contributed by atoms with Crippen LogP contribution >= 0.6 is 12.4 Å². The minimum absolute atomic E-state index is 0. The Morgan fingerprint density at radius 2 is 2.18 bits per heavy atom. The molecule has 0 saturated heterocycles. The fraction of sp³-hybridized carbons (Fsp3) is 0.111. The molecule has 92 valence electrons. The maximum Gasteiger partial charge on any atom is 0.341 e. The number of carbonyl (C=O) groups excluding carboxylic acids is 1. The van der Waals surface area contributed by atoms with Crippen LogP contribution in [0, 0.1) is 10.1 Å². The van der Waals surface area contributed by atoms with Crippen LogP contribution in [0.1, 0.15) is 10.4 Å². The molecule has 0 fully saturated rings. The predicted octanol–water partition coefficient (Wildman–Crippen LogP) is 1.29. The lowest BCUT2D eigenvalue weighted by atomic mass is 10.2. The normalized spacial score (nSPS) is 8.94. The van der Waals surface area contributed by atoms with Gasteiger partial charge in [0.2, 0.25) is 0 Å². The van der Waals surface area contributed by atoms with Gasteiger partial charge in [0.1, 0.15) is 5.75 Å². The molecule has 1 aromatic carbocycles. The van der Waals surface area contributed by atoms with Crippen molar-refractivity contribution in [1.82, 2.24) is 0 Å². The molecule has 0 aromatic heterocycles. The summed E-state index contributed by atoms with van der Waals surface area (Å²) in [5.74, 6) is -1.08. The summed E-state index contributed by atoms with van der Waals surface area (Å²) < 4.78 is 4.76. The molecule has 0 bridgehead atoms. The van der Waals surface area contributed by atoms with E-state index in [-0.39, 0.29) is 29.4 Å². The van der Waals surface area contributed by atoms with Crippen molar-refractivity contribution < 1.29 is 24.4 Å². The van der Waals surface area contributed by atoms with Crippen LogP contribution in [-0.4, -0.2) is 28.9 Å². The second-order valence-electron chi connectivity index (χ2n) is 2.78. The van der Waals surface area contributed by atoms with E-state index >= 15 is 0 Å². The number of nitro groups is 1. The summed E-state index contributed by atoms with van der Waals surface area (Å²) in [6.45, 7) is -0.573. The Bertz CT molecular complexity index is 447. The van der Waals surface area contributed by atoms with E-state index in [2.05, 4.69) is 0 Å². The highest BCUT2D eigenvalue weighted by Crippen LogP contribution is 2.22. The van der Waals surface area contributed by atoms with E-state index < -0.39 is 17.5 Å². The van der Waals surface area contributed by atoms with Gasteiger partial charge in [0.15, 0.2) is 12.9 Å². The van der Waals surface area contributed by atoms with Gasteiger partial charge in [0.05, 0.1) is 10.5 Å². The summed E-state index contributed by atoms with van der Waals surface area (Å²) in [5, 5.41) is 18.8. The number of benzene rings is 1. The Balaban J connectivity index is 0.00000256. The minimum Gasteiger partial charge on any atom is -0.482 e. The van der Waals surface area contributed by atoms with E-state index in [0.717, 1.165) is 12.1 Å². The maximum atomic E-state index is 10.5.